The van der Waals surface area contributed by atoms with Crippen molar-refractivity contribution in [1.82, 2.24) is 15.1 Å². The molecule has 0 atom stereocenters. The highest BCUT2D eigenvalue weighted by molar-refractivity contribution is 5.85. The molecule has 0 aromatic rings. The zero-order valence-electron chi connectivity index (χ0n) is 13.6. The Labute approximate surface area is 146 Å². The van der Waals surface area contributed by atoms with Crippen molar-refractivity contribution in [3.05, 3.63) is 0 Å². The number of hydrogen-bond donors (Lipinski definition) is 1. The van der Waals surface area contributed by atoms with Gasteiger partial charge in [0, 0.05) is 33.3 Å². The van der Waals surface area contributed by atoms with E-state index in [0.717, 1.165) is 25.6 Å². The minimum Gasteiger partial charge on any atom is -0.383 e. The molecule has 7 heteroatoms. The van der Waals surface area contributed by atoms with Crippen molar-refractivity contribution in [3.8, 4) is 0 Å². The number of nitrogens with one attached hydrogen (secondary N) is 1. The highest BCUT2D eigenvalue weighted by atomic mass is 35.5. The Balaban J connectivity index is 0.00000220. The van der Waals surface area contributed by atoms with Crippen LogP contribution in [0.25, 0.3) is 0 Å². The normalized spacial score (nSPS) is 19.6. The molecule has 1 N–H and O–H groups in total. The third kappa shape index (κ3) is 7.47. The molecule has 0 aliphatic carbocycles. The molecule has 0 aromatic carbocycles. The van der Waals surface area contributed by atoms with Crippen LogP contribution >= 0.6 is 24.8 Å². The third-order valence-corrected chi connectivity index (χ3v) is 4.44. The number of likely N-dealkylation sites (tertiary alicyclic amines) is 2. The minimum atomic E-state index is 0. The lowest BCUT2D eigenvalue weighted by molar-refractivity contribution is -0.131. The summed E-state index contributed by atoms with van der Waals surface area (Å²) in [7, 11) is 1.68. The molecule has 132 valence electrons. The smallest absolute Gasteiger partial charge is 0.236 e. The summed E-state index contributed by atoms with van der Waals surface area (Å²) in [5.41, 5.74) is 0. The highest BCUT2D eigenvalue weighted by Crippen LogP contribution is 2.20. The van der Waals surface area contributed by atoms with Gasteiger partial charge in [-0.25, -0.2) is 0 Å². The van der Waals surface area contributed by atoms with E-state index in [1.54, 1.807) is 7.11 Å². The van der Waals surface area contributed by atoms with Crippen LogP contribution in [-0.2, 0) is 9.53 Å². The standard InChI is InChI=1S/C15H29N3O2.2ClH/c1-20-11-6-16-12-15(19)18-9-4-14(5-10-18)13-17-7-2-3-8-17;;/h14,16H,2-13H2,1H3;2*1H. The van der Waals surface area contributed by atoms with Gasteiger partial charge in [0.1, 0.15) is 0 Å². The summed E-state index contributed by atoms with van der Waals surface area (Å²) in [6, 6.07) is 0. The molecule has 2 aliphatic heterocycles. The number of carbonyl (C=O) groups is 1. The molecule has 2 heterocycles. The van der Waals surface area contributed by atoms with Crippen LogP contribution in [0, 0.1) is 5.92 Å². The molecule has 0 aromatic heterocycles. The largest absolute Gasteiger partial charge is 0.383 e. The molecule has 0 unspecified atom stereocenters. The van der Waals surface area contributed by atoms with E-state index in [9.17, 15) is 4.79 Å². The van der Waals surface area contributed by atoms with Crippen LogP contribution in [0.15, 0.2) is 0 Å². The molecule has 0 radical (unpaired) electrons. The van der Waals surface area contributed by atoms with Crippen molar-refractivity contribution in [3.63, 3.8) is 0 Å². The van der Waals surface area contributed by atoms with E-state index in [1.807, 2.05) is 4.90 Å². The number of ether oxygens (including phenoxy) is 1. The van der Waals surface area contributed by atoms with Crippen LogP contribution in [0.4, 0.5) is 0 Å². The maximum absolute atomic E-state index is 12.0. The first-order valence-corrected chi connectivity index (χ1v) is 7.99. The second-order valence-electron chi connectivity index (χ2n) is 6.00. The molecule has 0 bridgehead atoms. The number of piperidine rings is 1. The van der Waals surface area contributed by atoms with E-state index in [1.165, 1.54) is 45.3 Å². The van der Waals surface area contributed by atoms with Gasteiger partial charge in [-0.2, -0.15) is 0 Å². The van der Waals surface area contributed by atoms with Crippen molar-refractivity contribution in [2.24, 2.45) is 5.92 Å². The Morgan fingerprint density at radius 2 is 1.77 bits per heavy atom. The van der Waals surface area contributed by atoms with Crippen LogP contribution in [0.3, 0.4) is 0 Å². The lowest BCUT2D eigenvalue weighted by Gasteiger charge is -2.34. The molecule has 1 amide bonds. The van der Waals surface area contributed by atoms with Gasteiger partial charge in [0.2, 0.25) is 5.91 Å². The van der Waals surface area contributed by atoms with E-state index < -0.39 is 0 Å². The Hall–Kier alpha value is -0.0700. The molecular weight excluding hydrogens is 325 g/mol. The van der Waals surface area contributed by atoms with Crippen molar-refractivity contribution < 1.29 is 9.53 Å². The number of methoxy groups -OCH3 is 1. The number of amides is 1. The van der Waals surface area contributed by atoms with Crippen LogP contribution in [0.5, 0.6) is 0 Å². The van der Waals surface area contributed by atoms with E-state index in [4.69, 9.17) is 4.74 Å². The van der Waals surface area contributed by atoms with Crippen molar-refractivity contribution in [2.75, 3.05) is 59.5 Å². The van der Waals surface area contributed by atoms with Crippen LogP contribution < -0.4 is 5.32 Å². The van der Waals surface area contributed by atoms with Gasteiger partial charge in [0.15, 0.2) is 0 Å². The van der Waals surface area contributed by atoms with Crippen LogP contribution in [0.2, 0.25) is 0 Å². The average Bonchev–Trinajstić information content (AvgIpc) is 2.97. The van der Waals surface area contributed by atoms with Crippen molar-refractivity contribution >= 4 is 30.7 Å². The number of hydrogen-bond acceptors (Lipinski definition) is 4. The van der Waals surface area contributed by atoms with Gasteiger partial charge >= 0.3 is 0 Å². The van der Waals surface area contributed by atoms with Gasteiger partial charge < -0.3 is 19.9 Å². The molecule has 0 spiro atoms. The highest BCUT2D eigenvalue weighted by Gasteiger charge is 2.24. The lowest BCUT2D eigenvalue weighted by Crippen LogP contribution is -2.44. The van der Waals surface area contributed by atoms with E-state index >= 15 is 0 Å². The van der Waals surface area contributed by atoms with Gasteiger partial charge in [-0.1, -0.05) is 0 Å². The fraction of sp³-hybridized carbons (Fsp3) is 0.933. The van der Waals surface area contributed by atoms with E-state index in [2.05, 4.69) is 10.2 Å². The zero-order chi connectivity index (χ0) is 14.2. The first-order chi connectivity index (χ1) is 9.79. The summed E-state index contributed by atoms with van der Waals surface area (Å²) < 4.78 is 4.95. The number of carbonyl (C=O) groups excluding carboxylic acids is 1. The Morgan fingerprint density at radius 3 is 2.36 bits per heavy atom. The second-order valence-corrected chi connectivity index (χ2v) is 6.00. The second kappa shape index (κ2) is 12.4. The first-order valence-electron chi connectivity index (χ1n) is 7.99. The fourth-order valence-electron chi connectivity index (χ4n) is 3.18. The van der Waals surface area contributed by atoms with Crippen LogP contribution in [0.1, 0.15) is 25.7 Å². The predicted molar refractivity (Wildman–Crippen MR) is 94.2 cm³/mol. The third-order valence-electron chi connectivity index (χ3n) is 4.44. The Kier molecular flexibility index (Phi) is 12.3. The fourth-order valence-corrected chi connectivity index (χ4v) is 3.18. The summed E-state index contributed by atoms with van der Waals surface area (Å²) in [6.45, 7) is 7.52. The Bertz CT molecular complexity index is 295. The maximum Gasteiger partial charge on any atom is 0.236 e. The van der Waals surface area contributed by atoms with Gasteiger partial charge in [0.25, 0.3) is 0 Å². The minimum absolute atomic E-state index is 0. The Morgan fingerprint density at radius 1 is 1.14 bits per heavy atom. The monoisotopic (exact) mass is 355 g/mol. The summed E-state index contributed by atoms with van der Waals surface area (Å²) in [4.78, 5) is 16.6. The van der Waals surface area contributed by atoms with Gasteiger partial charge in [0.05, 0.1) is 13.2 Å². The quantitative estimate of drug-likeness (QED) is 0.701. The van der Waals surface area contributed by atoms with E-state index in [0.29, 0.717) is 13.2 Å². The SMILES string of the molecule is COCCNCC(=O)N1CCC(CN2CCCC2)CC1.Cl.Cl. The molecule has 2 fully saturated rings. The topological polar surface area (TPSA) is 44.8 Å². The summed E-state index contributed by atoms with van der Waals surface area (Å²) in [6.07, 6.45) is 5.07. The average molecular weight is 356 g/mol. The number of halogens is 2. The molecule has 0 saturated carbocycles. The predicted octanol–water partition coefficient (Wildman–Crippen LogP) is 1.40. The number of rotatable bonds is 7. The first kappa shape index (κ1) is 21.9. The molecule has 2 aliphatic rings. The van der Waals surface area contributed by atoms with Crippen molar-refractivity contribution in [1.29, 1.82) is 0 Å². The summed E-state index contributed by atoms with van der Waals surface area (Å²) in [5, 5.41) is 3.13. The van der Waals surface area contributed by atoms with Gasteiger partial charge in [-0.05, 0) is 44.7 Å². The van der Waals surface area contributed by atoms with Crippen LogP contribution in [-0.4, -0.2) is 75.2 Å². The number of nitrogens with zero attached hydrogens (tertiary/aromatic N) is 2. The molecule has 2 saturated heterocycles. The van der Waals surface area contributed by atoms with Gasteiger partial charge in [-0.15, -0.1) is 24.8 Å². The van der Waals surface area contributed by atoms with Gasteiger partial charge in [-0.3, -0.25) is 4.79 Å². The lowest BCUT2D eigenvalue weighted by atomic mass is 9.96. The molecule has 5 nitrogen and oxygen atoms in total. The van der Waals surface area contributed by atoms with E-state index in [-0.39, 0.29) is 30.7 Å². The zero-order valence-corrected chi connectivity index (χ0v) is 15.2. The van der Waals surface area contributed by atoms with Crippen molar-refractivity contribution in [2.45, 2.75) is 25.7 Å². The summed E-state index contributed by atoms with van der Waals surface area (Å²) in [5.74, 6) is 1.03. The molecule has 22 heavy (non-hydrogen) atoms. The summed E-state index contributed by atoms with van der Waals surface area (Å²) >= 11 is 0. The maximum atomic E-state index is 12.0. The molecular formula is C15H31Cl2N3O2. The molecule has 2 rings (SSSR count).